The molecule has 0 radical (unpaired) electrons. The highest BCUT2D eigenvalue weighted by molar-refractivity contribution is 9.10. The lowest BCUT2D eigenvalue weighted by molar-refractivity contribution is -0.118. The Morgan fingerprint density at radius 1 is 1.06 bits per heavy atom. The summed E-state index contributed by atoms with van der Waals surface area (Å²) >= 11 is 4.77. The van der Waals surface area contributed by atoms with Crippen molar-refractivity contribution in [2.24, 2.45) is 5.10 Å². The highest BCUT2D eigenvalue weighted by Crippen LogP contribution is 2.28. The van der Waals surface area contributed by atoms with Crippen LogP contribution in [-0.2, 0) is 4.79 Å². The highest BCUT2D eigenvalue weighted by Gasteiger charge is 2.17. The number of ether oxygens (including phenoxy) is 1. The number of rotatable bonds is 9. The summed E-state index contributed by atoms with van der Waals surface area (Å²) < 4.78 is 8.23. The quantitative estimate of drug-likeness (QED) is 0.167. The average Bonchev–Trinajstić information content (AvgIpc) is 3.32. The fourth-order valence-corrected chi connectivity index (χ4v) is 4.23. The normalized spacial score (nSPS) is 11.3. The van der Waals surface area contributed by atoms with Crippen LogP contribution in [0, 0.1) is 0 Å². The van der Waals surface area contributed by atoms with E-state index in [0.717, 1.165) is 27.0 Å². The van der Waals surface area contributed by atoms with Crippen molar-refractivity contribution < 1.29 is 9.53 Å². The summed E-state index contributed by atoms with van der Waals surface area (Å²) in [5, 5.41) is 13.3. The van der Waals surface area contributed by atoms with E-state index in [-0.39, 0.29) is 11.7 Å². The summed E-state index contributed by atoms with van der Waals surface area (Å²) in [5.41, 5.74) is 5.30. The number of para-hydroxylation sites is 1. The zero-order chi connectivity index (χ0) is 24.5. The highest BCUT2D eigenvalue weighted by atomic mass is 79.9. The first-order valence-electron chi connectivity index (χ1n) is 10.7. The molecule has 1 amide bonds. The molecule has 0 atom stereocenters. The molecule has 1 aromatic heterocycles. The zero-order valence-corrected chi connectivity index (χ0v) is 21.2. The molecular weight excluding hydrogens is 526 g/mol. The number of carbonyl (C=O) groups excluding carboxylic acids is 1. The van der Waals surface area contributed by atoms with Crippen LogP contribution in [0.25, 0.3) is 23.2 Å². The number of allylic oxidation sites excluding steroid dienone is 1. The molecule has 4 aromatic rings. The molecule has 7 nitrogen and oxygen atoms in total. The molecule has 9 heteroatoms. The van der Waals surface area contributed by atoms with Crippen molar-refractivity contribution in [3.63, 3.8) is 0 Å². The van der Waals surface area contributed by atoms with Gasteiger partial charge in [0.15, 0.2) is 11.0 Å². The summed E-state index contributed by atoms with van der Waals surface area (Å²) in [4.78, 5) is 12.4. The summed E-state index contributed by atoms with van der Waals surface area (Å²) in [6, 6.07) is 25.3. The van der Waals surface area contributed by atoms with E-state index in [4.69, 9.17) is 4.74 Å². The molecule has 4 rings (SSSR count). The molecule has 0 aliphatic heterocycles. The van der Waals surface area contributed by atoms with Gasteiger partial charge in [0.1, 0.15) is 5.75 Å². The summed E-state index contributed by atoms with van der Waals surface area (Å²) in [5.74, 6) is 1.36. The summed E-state index contributed by atoms with van der Waals surface area (Å²) in [6.07, 6.45) is 5.11. The van der Waals surface area contributed by atoms with Gasteiger partial charge in [-0.1, -0.05) is 76.2 Å². The first kappa shape index (κ1) is 24.4. The Morgan fingerprint density at radius 2 is 1.80 bits per heavy atom. The van der Waals surface area contributed by atoms with Crippen LogP contribution in [0.4, 0.5) is 0 Å². The summed E-state index contributed by atoms with van der Waals surface area (Å²) in [7, 11) is 1.62. The van der Waals surface area contributed by atoms with Gasteiger partial charge in [-0.2, -0.15) is 5.10 Å². The number of hydrogen-bond acceptors (Lipinski definition) is 6. The Labute approximate surface area is 216 Å². The third-order valence-corrected chi connectivity index (χ3v) is 6.30. The monoisotopic (exact) mass is 547 g/mol. The van der Waals surface area contributed by atoms with Crippen LogP contribution < -0.4 is 10.2 Å². The smallest absolute Gasteiger partial charge is 0.250 e. The van der Waals surface area contributed by atoms with E-state index < -0.39 is 0 Å². The molecule has 0 bridgehead atoms. The van der Waals surface area contributed by atoms with Gasteiger partial charge in [-0.05, 0) is 42.5 Å². The first-order valence-corrected chi connectivity index (χ1v) is 12.4. The predicted molar refractivity (Wildman–Crippen MR) is 144 cm³/mol. The van der Waals surface area contributed by atoms with Crippen molar-refractivity contribution >= 4 is 45.9 Å². The van der Waals surface area contributed by atoms with Gasteiger partial charge in [0.2, 0.25) is 0 Å². The van der Waals surface area contributed by atoms with Crippen molar-refractivity contribution in [2.75, 3.05) is 12.9 Å². The number of benzene rings is 3. The minimum absolute atomic E-state index is 0.136. The maximum atomic E-state index is 12.4. The van der Waals surface area contributed by atoms with Crippen molar-refractivity contribution in [2.45, 2.75) is 5.16 Å². The van der Waals surface area contributed by atoms with Gasteiger partial charge in [-0.15, -0.1) is 10.2 Å². The van der Waals surface area contributed by atoms with E-state index in [0.29, 0.717) is 11.0 Å². The molecule has 0 spiro atoms. The predicted octanol–water partition coefficient (Wildman–Crippen LogP) is 5.61. The second-order valence-electron chi connectivity index (χ2n) is 7.19. The molecular formula is C26H22BrN5O2S. The number of carbonyl (C=O) groups is 1. The second-order valence-corrected chi connectivity index (χ2v) is 9.05. The third-order valence-electron chi connectivity index (χ3n) is 4.85. The van der Waals surface area contributed by atoms with Crippen molar-refractivity contribution in [3.05, 3.63) is 95.0 Å². The van der Waals surface area contributed by atoms with Crippen molar-refractivity contribution in [3.8, 4) is 22.8 Å². The lowest BCUT2D eigenvalue weighted by Crippen LogP contribution is -2.19. The lowest BCUT2D eigenvalue weighted by Gasteiger charge is -2.10. The van der Waals surface area contributed by atoms with Crippen LogP contribution in [0.3, 0.4) is 0 Å². The second kappa shape index (κ2) is 12.1. The van der Waals surface area contributed by atoms with Crippen LogP contribution >= 0.6 is 27.7 Å². The SMILES string of the molecule is COc1ccccc1/C=C/C=N/NC(=O)CSc1nnc(-c2ccccc2)n1-c1ccc(Br)cc1. The number of halogens is 1. The van der Waals surface area contributed by atoms with Crippen molar-refractivity contribution in [1.82, 2.24) is 20.2 Å². The van der Waals surface area contributed by atoms with Gasteiger partial charge in [-0.3, -0.25) is 9.36 Å². The van der Waals surface area contributed by atoms with E-state index in [1.165, 1.54) is 18.0 Å². The number of hydrazone groups is 1. The zero-order valence-electron chi connectivity index (χ0n) is 18.8. The summed E-state index contributed by atoms with van der Waals surface area (Å²) in [6.45, 7) is 0. The third kappa shape index (κ3) is 6.46. The van der Waals surface area contributed by atoms with Gasteiger partial charge >= 0.3 is 0 Å². The Hall–Kier alpha value is -3.69. The minimum atomic E-state index is -0.247. The van der Waals surface area contributed by atoms with Gasteiger partial charge in [0.25, 0.3) is 5.91 Å². The van der Waals surface area contributed by atoms with Gasteiger partial charge < -0.3 is 4.74 Å². The largest absolute Gasteiger partial charge is 0.496 e. The van der Waals surface area contributed by atoms with Crippen LogP contribution in [-0.4, -0.2) is 39.7 Å². The Kier molecular flexibility index (Phi) is 8.48. The van der Waals surface area contributed by atoms with Crippen LogP contribution in [0.2, 0.25) is 0 Å². The Balaban J connectivity index is 1.42. The van der Waals surface area contributed by atoms with Gasteiger partial charge in [0.05, 0.1) is 12.9 Å². The number of nitrogens with one attached hydrogen (secondary N) is 1. The molecule has 1 N–H and O–H groups in total. The number of thioether (sulfide) groups is 1. The molecule has 176 valence electrons. The van der Waals surface area contributed by atoms with Gasteiger partial charge in [0, 0.05) is 27.5 Å². The first-order chi connectivity index (χ1) is 17.2. The van der Waals surface area contributed by atoms with E-state index in [2.05, 4.69) is 36.7 Å². The maximum absolute atomic E-state index is 12.4. The van der Waals surface area contributed by atoms with E-state index >= 15 is 0 Å². The number of nitrogens with zero attached hydrogens (tertiary/aromatic N) is 4. The lowest BCUT2D eigenvalue weighted by atomic mass is 10.2. The van der Waals surface area contributed by atoms with Crippen LogP contribution in [0.5, 0.6) is 5.75 Å². The maximum Gasteiger partial charge on any atom is 0.250 e. The number of methoxy groups -OCH3 is 1. The number of hydrogen-bond donors (Lipinski definition) is 1. The molecule has 0 aliphatic rings. The topological polar surface area (TPSA) is 81.4 Å². The standard InChI is InChI=1S/C26H22BrN5O2S/c1-34-23-12-6-5-8-19(23)11-7-17-28-29-24(33)18-35-26-31-30-25(20-9-3-2-4-10-20)32(26)22-15-13-21(27)14-16-22/h2-17H,18H2,1H3,(H,29,33)/b11-7+,28-17+. The fourth-order valence-electron chi connectivity index (χ4n) is 3.23. The van der Waals surface area contributed by atoms with E-state index in [1.807, 2.05) is 89.5 Å². The molecule has 0 saturated heterocycles. The molecule has 1 heterocycles. The fraction of sp³-hybridized carbons (Fsp3) is 0.0769. The van der Waals surface area contributed by atoms with Crippen LogP contribution in [0.1, 0.15) is 5.56 Å². The van der Waals surface area contributed by atoms with Crippen molar-refractivity contribution in [1.29, 1.82) is 0 Å². The molecule has 3 aromatic carbocycles. The van der Waals surface area contributed by atoms with Crippen LogP contribution in [0.15, 0.2) is 99.7 Å². The van der Waals surface area contributed by atoms with E-state index in [1.54, 1.807) is 13.2 Å². The minimum Gasteiger partial charge on any atom is -0.496 e. The Morgan fingerprint density at radius 3 is 2.57 bits per heavy atom. The molecule has 35 heavy (non-hydrogen) atoms. The van der Waals surface area contributed by atoms with Gasteiger partial charge in [-0.25, -0.2) is 5.43 Å². The Bertz CT molecular complexity index is 1340. The molecule has 0 unspecified atom stereocenters. The average molecular weight is 548 g/mol. The molecule has 0 fully saturated rings. The molecule has 0 aliphatic carbocycles. The number of aromatic nitrogens is 3. The number of amides is 1. The molecule has 0 saturated carbocycles. The van der Waals surface area contributed by atoms with E-state index in [9.17, 15) is 4.79 Å².